The summed E-state index contributed by atoms with van der Waals surface area (Å²) >= 11 is 3.07. The summed E-state index contributed by atoms with van der Waals surface area (Å²) in [7, 11) is 0. The third kappa shape index (κ3) is 2.34. The van der Waals surface area contributed by atoms with E-state index >= 15 is 0 Å². The van der Waals surface area contributed by atoms with Gasteiger partial charge in [0.05, 0.1) is 16.1 Å². The lowest BCUT2D eigenvalue weighted by molar-refractivity contribution is 0.621. The summed E-state index contributed by atoms with van der Waals surface area (Å²) in [5, 5.41) is 8.93. The molecular weight excluding hydrogens is 288 g/mol. The van der Waals surface area contributed by atoms with Gasteiger partial charge >= 0.3 is 0 Å². The van der Waals surface area contributed by atoms with E-state index in [-0.39, 0.29) is 11.4 Å². The van der Waals surface area contributed by atoms with E-state index in [1.165, 1.54) is 18.2 Å². The second-order valence-electron chi connectivity index (χ2n) is 3.43. The third-order valence-corrected chi connectivity index (χ3v) is 2.94. The van der Waals surface area contributed by atoms with E-state index in [0.717, 1.165) is 6.07 Å². The molecule has 0 amide bonds. The molecule has 0 saturated heterocycles. The number of rotatable bonds is 1. The Kier molecular flexibility index (Phi) is 3.21. The maximum atomic E-state index is 13.1. The number of hydrogen-bond donors (Lipinski definition) is 0. The monoisotopic (exact) mass is 293 g/mol. The summed E-state index contributed by atoms with van der Waals surface area (Å²) < 4.78 is 26.4. The Bertz CT molecular complexity index is 617. The lowest BCUT2D eigenvalue weighted by Crippen LogP contribution is -1.87. The zero-order chi connectivity index (χ0) is 12.4. The van der Waals surface area contributed by atoms with E-state index in [9.17, 15) is 8.78 Å². The van der Waals surface area contributed by atoms with Gasteiger partial charge in [0.2, 0.25) is 0 Å². The highest BCUT2D eigenvalue weighted by molar-refractivity contribution is 9.10. The highest BCUT2D eigenvalue weighted by Crippen LogP contribution is 2.28. The summed E-state index contributed by atoms with van der Waals surface area (Å²) in [6, 6.07) is 10.3. The topological polar surface area (TPSA) is 23.8 Å². The zero-order valence-corrected chi connectivity index (χ0v) is 10.1. The first-order valence-corrected chi connectivity index (χ1v) is 5.56. The van der Waals surface area contributed by atoms with Crippen molar-refractivity contribution in [2.45, 2.75) is 0 Å². The number of nitrogens with zero attached hydrogens (tertiary/aromatic N) is 1. The molecule has 0 saturated carbocycles. The molecule has 0 bridgehead atoms. The van der Waals surface area contributed by atoms with Crippen molar-refractivity contribution in [1.29, 1.82) is 5.26 Å². The van der Waals surface area contributed by atoms with Crippen LogP contribution < -0.4 is 0 Å². The van der Waals surface area contributed by atoms with Gasteiger partial charge in [0.15, 0.2) is 0 Å². The molecule has 0 fully saturated rings. The molecule has 0 unspecified atom stereocenters. The van der Waals surface area contributed by atoms with Crippen LogP contribution in [0.25, 0.3) is 11.1 Å². The van der Waals surface area contributed by atoms with Gasteiger partial charge < -0.3 is 0 Å². The van der Waals surface area contributed by atoms with E-state index in [0.29, 0.717) is 15.6 Å². The predicted molar refractivity (Wildman–Crippen MR) is 64.2 cm³/mol. The van der Waals surface area contributed by atoms with Crippen molar-refractivity contribution >= 4 is 15.9 Å². The van der Waals surface area contributed by atoms with E-state index in [4.69, 9.17) is 5.26 Å². The Morgan fingerprint density at radius 3 is 2.47 bits per heavy atom. The molecular formula is C13H6BrF2N. The molecule has 0 aliphatic carbocycles. The molecule has 17 heavy (non-hydrogen) atoms. The van der Waals surface area contributed by atoms with E-state index in [1.807, 2.05) is 6.07 Å². The van der Waals surface area contributed by atoms with Crippen LogP contribution in [-0.2, 0) is 0 Å². The lowest BCUT2D eigenvalue weighted by Gasteiger charge is -2.05. The van der Waals surface area contributed by atoms with Crippen molar-refractivity contribution in [2.24, 2.45) is 0 Å². The lowest BCUT2D eigenvalue weighted by atomic mass is 10.0. The van der Waals surface area contributed by atoms with E-state index in [1.54, 1.807) is 12.1 Å². The molecule has 0 heterocycles. The minimum Gasteiger partial charge on any atom is -0.207 e. The summed E-state index contributed by atoms with van der Waals surface area (Å²) in [5.74, 6) is -0.846. The molecule has 0 aromatic heterocycles. The van der Waals surface area contributed by atoms with Gasteiger partial charge in [-0.15, -0.1) is 0 Å². The van der Waals surface area contributed by atoms with Gasteiger partial charge in [-0.1, -0.05) is 12.1 Å². The van der Waals surface area contributed by atoms with Crippen molar-refractivity contribution in [1.82, 2.24) is 0 Å². The fraction of sp³-hybridized carbons (Fsp3) is 0. The van der Waals surface area contributed by atoms with Crippen LogP contribution in [0.15, 0.2) is 40.9 Å². The van der Waals surface area contributed by atoms with Crippen molar-refractivity contribution in [2.75, 3.05) is 0 Å². The fourth-order valence-corrected chi connectivity index (χ4v) is 1.90. The molecule has 2 rings (SSSR count). The zero-order valence-electron chi connectivity index (χ0n) is 8.55. The molecule has 0 spiro atoms. The molecule has 1 nitrogen and oxygen atoms in total. The van der Waals surface area contributed by atoms with Gasteiger partial charge in [0, 0.05) is 0 Å². The average molecular weight is 294 g/mol. The molecule has 0 radical (unpaired) electrons. The molecule has 0 aliphatic rings. The van der Waals surface area contributed by atoms with Crippen molar-refractivity contribution in [3.8, 4) is 17.2 Å². The summed E-state index contributed by atoms with van der Waals surface area (Å²) in [5.41, 5.74) is 1.47. The highest BCUT2D eigenvalue weighted by atomic mass is 79.9. The van der Waals surface area contributed by atoms with Gasteiger partial charge in [0.25, 0.3) is 0 Å². The minimum absolute atomic E-state index is 0.225. The van der Waals surface area contributed by atoms with Crippen LogP contribution in [-0.4, -0.2) is 0 Å². The molecule has 84 valence electrons. The van der Waals surface area contributed by atoms with Crippen molar-refractivity contribution < 1.29 is 8.78 Å². The molecule has 2 aromatic rings. The average Bonchev–Trinajstić information content (AvgIpc) is 2.32. The molecule has 4 heteroatoms. The van der Waals surface area contributed by atoms with Gasteiger partial charge in [-0.2, -0.15) is 5.26 Å². The summed E-state index contributed by atoms with van der Waals surface area (Å²) in [6.45, 7) is 0. The summed E-state index contributed by atoms with van der Waals surface area (Å²) in [4.78, 5) is 0. The fourth-order valence-electron chi connectivity index (χ4n) is 1.52. The van der Waals surface area contributed by atoms with Crippen LogP contribution in [0.4, 0.5) is 8.78 Å². The second-order valence-corrected chi connectivity index (χ2v) is 4.28. The molecule has 0 N–H and O–H groups in total. The maximum Gasteiger partial charge on any atom is 0.137 e. The summed E-state index contributed by atoms with van der Waals surface area (Å²) in [6.07, 6.45) is 0. The molecule has 0 aliphatic heterocycles. The van der Waals surface area contributed by atoms with Crippen molar-refractivity contribution in [3.05, 3.63) is 58.1 Å². The van der Waals surface area contributed by atoms with Gasteiger partial charge in [0.1, 0.15) is 11.6 Å². The van der Waals surface area contributed by atoms with Crippen LogP contribution in [0.3, 0.4) is 0 Å². The van der Waals surface area contributed by atoms with E-state index in [2.05, 4.69) is 15.9 Å². The van der Waals surface area contributed by atoms with Gasteiger partial charge in [-0.05, 0) is 51.3 Å². The Labute approximate surface area is 105 Å². The first-order chi connectivity index (χ1) is 8.11. The van der Waals surface area contributed by atoms with Crippen LogP contribution >= 0.6 is 15.9 Å². The largest absolute Gasteiger partial charge is 0.207 e. The van der Waals surface area contributed by atoms with Crippen LogP contribution in [0.1, 0.15) is 5.56 Å². The Hall–Kier alpha value is -1.73. The quantitative estimate of drug-likeness (QED) is 0.770. The highest BCUT2D eigenvalue weighted by Gasteiger charge is 2.08. The second kappa shape index (κ2) is 4.64. The first kappa shape index (κ1) is 11.7. The van der Waals surface area contributed by atoms with Crippen LogP contribution in [0.2, 0.25) is 0 Å². The normalized spacial score (nSPS) is 10.0. The SMILES string of the molecule is N#Cc1cc(F)ccc1-c1ccc(F)c(Br)c1. The Morgan fingerprint density at radius 2 is 1.82 bits per heavy atom. The van der Waals surface area contributed by atoms with Gasteiger partial charge in [-0.25, -0.2) is 8.78 Å². The van der Waals surface area contributed by atoms with Crippen LogP contribution in [0, 0.1) is 23.0 Å². The molecule has 0 atom stereocenters. The van der Waals surface area contributed by atoms with E-state index < -0.39 is 5.82 Å². The van der Waals surface area contributed by atoms with Crippen molar-refractivity contribution in [3.63, 3.8) is 0 Å². The Balaban J connectivity index is 2.61. The first-order valence-electron chi connectivity index (χ1n) is 4.77. The number of nitriles is 1. The third-order valence-electron chi connectivity index (χ3n) is 2.33. The van der Waals surface area contributed by atoms with Crippen LogP contribution in [0.5, 0.6) is 0 Å². The maximum absolute atomic E-state index is 13.1. The standard InChI is InChI=1S/C13H6BrF2N/c14-12-6-8(1-4-13(12)16)11-3-2-10(15)5-9(11)7-17/h1-6H. The Morgan fingerprint density at radius 1 is 1.06 bits per heavy atom. The smallest absolute Gasteiger partial charge is 0.137 e. The number of hydrogen-bond acceptors (Lipinski definition) is 1. The number of halogens is 3. The number of benzene rings is 2. The predicted octanol–water partition coefficient (Wildman–Crippen LogP) is 4.27. The van der Waals surface area contributed by atoms with Gasteiger partial charge in [-0.3, -0.25) is 0 Å². The minimum atomic E-state index is -0.466. The molecule has 2 aromatic carbocycles.